The van der Waals surface area contributed by atoms with Gasteiger partial charge in [0, 0.05) is 11.6 Å². The van der Waals surface area contributed by atoms with E-state index in [1.165, 1.54) is 43.3 Å². The van der Waals surface area contributed by atoms with Gasteiger partial charge in [-0.25, -0.2) is 0 Å². The Morgan fingerprint density at radius 1 is 1.27 bits per heavy atom. The van der Waals surface area contributed by atoms with Crippen LogP contribution < -0.4 is 10.1 Å². The van der Waals surface area contributed by atoms with Gasteiger partial charge in [0.05, 0.1) is 12.6 Å². The van der Waals surface area contributed by atoms with Crippen LogP contribution in [0.3, 0.4) is 0 Å². The second kappa shape index (κ2) is 7.10. The molecule has 0 amide bonds. The monoisotopic (exact) mass is 298 g/mol. The van der Waals surface area contributed by atoms with Crippen LogP contribution in [0.15, 0.2) is 30.5 Å². The van der Waals surface area contributed by atoms with Gasteiger partial charge in [0.25, 0.3) is 0 Å². The minimum Gasteiger partial charge on any atom is -0.497 e. The van der Waals surface area contributed by atoms with Crippen molar-refractivity contribution in [3.05, 3.63) is 36.0 Å². The smallest absolute Gasteiger partial charge is 0.119 e. The second-order valence-corrected chi connectivity index (χ2v) is 6.31. The number of pyridine rings is 1. The number of fused-ring (bicyclic) bond motifs is 1. The Labute approximate surface area is 133 Å². The van der Waals surface area contributed by atoms with Crippen LogP contribution in [-0.2, 0) is 6.42 Å². The number of nitrogens with one attached hydrogen (secondary N) is 1. The van der Waals surface area contributed by atoms with Crippen LogP contribution in [0.1, 0.15) is 31.7 Å². The Balaban J connectivity index is 1.78. The maximum atomic E-state index is 5.37. The third kappa shape index (κ3) is 3.25. The summed E-state index contributed by atoms with van der Waals surface area (Å²) in [6.07, 6.45) is 6.93. The Morgan fingerprint density at radius 3 is 3.00 bits per heavy atom. The van der Waals surface area contributed by atoms with Crippen LogP contribution in [0.2, 0.25) is 0 Å². The summed E-state index contributed by atoms with van der Waals surface area (Å²) in [5, 5.41) is 4.77. The normalized spacial score (nSPS) is 21.9. The van der Waals surface area contributed by atoms with Crippen LogP contribution in [0.4, 0.5) is 0 Å². The van der Waals surface area contributed by atoms with Gasteiger partial charge < -0.3 is 10.1 Å². The number of methoxy groups -OCH3 is 1. The number of nitrogens with zero attached hydrogens (tertiary/aromatic N) is 1. The standard InChI is InChI=1S/C19H26N2O/c1-3-14-13-20-10-8-15(14)4-5-16-9-11-21-19-7-6-17(22-2)12-18(16)19/h6-7,9,11-12,14-15,20H,3-5,8,10,13H2,1-2H3/t14-,15+/m0/s1. The van der Waals surface area contributed by atoms with E-state index in [0.29, 0.717) is 0 Å². The summed E-state index contributed by atoms with van der Waals surface area (Å²) >= 11 is 0. The molecule has 1 fully saturated rings. The predicted molar refractivity (Wildman–Crippen MR) is 91.4 cm³/mol. The molecule has 3 nitrogen and oxygen atoms in total. The lowest BCUT2D eigenvalue weighted by Gasteiger charge is -2.31. The van der Waals surface area contributed by atoms with Crippen molar-refractivity contribution in [1.82, 2.24) is 10.3 Å². The van der Waals surface area contributed by atoms with Gasteiger partial charge in [-0.05, 0) is 74.0 Å². The molecule has 118 valence electrons. The summed E-state index contributed by atoms with van der Waals surface area (Å²) in [5.74, 6) is 2.59. The molecule has 1 aliphatic rings. The number of aromatic nitrogens is 1. The molecule has 1 saturated heterocycles. The number of aryl methyl sites for hydroxylation is 1. The quantitative estimate of drug-likeness (QED) is 0.911. The van der Waals surface area contributed by atoms with E-state index in [1.54, 1.807) is 7.11 Å². The first kappa shape index (κ1) is 15.3. The summed E-state index contributed by atoms with van der Waals surface area (Å²) in [6.45, 7) is 4.68. The van der Waals surface area contributed by atoms with E-state index < -0.39 is 0 Å². The van der Waals surface area contributed by atoms with Crippen molar-refractivity contribution in [2.45, 2.75) is 32.6 Å². The van der Waals surface area contributed by atoms with Crippen molar-refractivity contribution in [3.8, 4) is 5.75 Å². The van der Waals surface area contributed by atoms with Gasteiger partial charge in [-0.2, -0.15) is 0 Å². The molecule has 2 aromatic rings. The Bertz CT molecular complexity index is 626. The summed E-state index contributed by atoms with van der Waals surface area (Å²) in [7, 11) is 1.72. The summed E-state index contributed by atoms with van der Waals surface area (Å²) in [4.78, 5) is 4.48. The number of piperidine rings is 1. The zero-order valence-electron chi connectivity index (χ0n) is 13.6. The zero-order chi connectivity index (χ0) is 15.4. The minimum absolute atomic E-state index is 0.830. The van der Waals surface area contributed by atoms with Crippen LogP contribution in [0.5, 0.6) is 5.75 Å². The van der Waals surface area contributed by atoms with Crippen LogP contribution in [0.25, 0.3) is 10.9 Å². The van der Waals surface area contributed by atoms with Crippen molar-refractivity contribution in [2.75, 3.05) is 20.2 Å². The van der Waals surface area contributed by atoms with Crippen LogP contribution >= 0.6 is 0 Å². The highest BCUT2D eigenvalue weighted by Gasteiger charge is 2.23. The molecule has 1 aliphatic heterocycles. The van der Waals surface area contributed by atoms with Crippen LogP contribution in [0, 0.1) is 11.8 Å². The molecule has 22 heavy (non-hydrogen) atoms. The SMILES string of the molecule is CC[C@H]1CNCC[C@H]1CCc1ccnc2ccc(OC)cc12. The van der Waals surface area contributed by atoms with E-state index in [-0.39, 0.29) is 0 Å². The van der Waals surface area contributed by atoms with Gasteiger partial charge in [-0.3, -0.25) is 4.98 Å². The number of ether oxygens (including phenoxy) is 1. The minimum atomic E-state index is 0.830. The molecular weight excluding hydrogens is 272 g/mol. The maximum Gasteiger partial charge on any atom is 0.119 e. The molecule has 1 aromatic carbocycles. The van der Waals surface area contributed by atoms with Gasteiger partial charge in [0.15, 0.2) is 0 Å². The fourth-order valence-electron chi connectivity index (χ4n) is 3.70. The molecule has 0 radical (unpaired) electrons. The molecular formula is C19H26N2O. The molecule has 0 unspecified atom stereocenters. The highest BCUT2D eigenvalue weighted by molar-refractivity contribution is 5.83. The molecule has 0 saturated carbocycles. The Morgan fingerprint density at radius 2 is 2.18 bits per heavy atom. The van der Waals surface area contributed by atoms with Crippen molar-refractivity contribution in [1.29, 1.82) is 0 Å². The first-order chi connectivity index (χ1) is 10.8. The predicted octanol–water partition coefficient (Wildman–Crippen LogP) is 3.81. The molecule has 0 spiro atoms. The lowest BCUT2D eigenvalue weighted by Crippen LogP contribution is -2.36. The van der Waals surface area contributed by atoms with E-state index in [4.69, 9.17) is 4.74 Å². The third-order valence-corrected chi connectivity index (χ3v) is 5.11. The number of hydrogen-bond donors (Lipinski definition) is 1. The van der Waals surface area contributed by atoms with Gasteiger partial charge in [0.1, 0.15) is 5.75 Å². The number of benzene rings is 1. The van der Waals surface area contributed by atoms with E-state index in [9.17, 15) is 0 Å². The van der Waals surface area contributed by atoms with Crippen molar-refractivity contribution in [2.24, 2.45) is 11.8 Å². The average Bonchev–Trinajstić information content (AvgIpc) is 2.59. The zero-order valence-corrected chi connectivity index (χ0v) is 13.6. The van der Waals surface area contributed by atoms with Gasteiger partial charge >= 0.3 is 0 Å². The summed E-state index contributed by atoms with van der Waals surface area (Å²) < 4.78 is 5.37. The topological polar surface area (TPSA) is 34.2 Å². The van der Waals surface area contributed by atoms with E-state index in [1.807, 2.05) is 12.3 Å². The number of rotatable bonds is 5. The van der Waals surface area contributed by atoms with Crippen molar-refractivity contribution >= 4 is 10.9 Å². The lowest BCUT2D eigenvalue weighted by molar-refractivity contribution is 0.234. The van der Waals surface area contributed by atoms with Gasteiger partial charge in [-0.1, -0.05) is 13.3 Å². The summed E-state index contributed by atoms with van der Waals surface area (Å²) in [5.41, 5.74) is 2.47. The molecule has 3 rings (SSSR count). The second-order valence-electron chi connectivity index (χ2n) is 6.31. The highest BCUT2D eigenvalue weighted by atomic mass is 16.5. The molecule has 0 aliphatic carbocycles. The van der Waals surface area contributed by atoms with E-state index >= 15 is 0 Å². The molecule has 2 atom stereocenters. The van der Waals surface area contributed by atoms with Crippen LogP contribution in [-0.4, -0.2) is 25.2 Å². The highest BCUT2D eigenvalue weighted by Crippen LogP contribution is 2.29. The van der Waals surface area contributed by atoms with Crippen molar-refractivity contribution in [3.63, 3.8) is 0 Å². The first-order valence-electron chi connectivity index (χ1n) is 8.44. The molecule has 1 N–H and O–H groups in total. The largest absolute Gasteiger partial charge is 0.497 e. The van der Waals surface area contributed by atoms with E-state index in [0.717, 1.165) is 29.5 Å². The average molecular weight is 298 g/mol. The van der Waals surface area contributed by atoms with Gasteiger partial charge in [0.2, 0.25) is 0 Å². The molecule has 1 aromatic heterocycles. The van der Waals surface area contributed by atoms with Crippen molar-refractivity contribution < 1.29 is 4.74 Å². The molecule has 3 heteroatoms. The lowest BCUT2D eigenvalue weighted by atomic mass is 9.81. The fourth-order valence-corrected chi connectivity index (χ4v) is 3.70. The fraction of sp³-hybridized carbons (Fsp3) is 0.526. The van der Waals surface area contributed by atoms with E-state index in [2.05, 4.69) is 35.4 Å². The Kier molecular flexibility index (Phi) is 4.94. The number of hydrogen-bond acceptors (Lipinski definition) is 3. The molecule has 0 bridgehead atoms. The molecule has 2 heterocycles. The maximum absolute atomic E-state index is 5.37. The summed E-state index contributed by atoms with van der Waals surface area (Å²) in [6, 6.07) is 8.33. The Hall–Kier alpha value is -1.61. The first-order valence-corrected chi connectivity index (χ1v) is 8.44. The third-order valence-electron chi connectivity index (χ3n) is 5.11. The van der Waals surface area contributed by atoms with Gasteiger partial charge in [-0.15, -0.1) is 0 Å².